The number of carbonyl (C=O) groups excluding carboxylic acids is 2. The van der Waals surface area contributed by atoms with Crippen molar-refractivity contribution in [1.29, 1.82) is 0 Å². The van der Waals surface area contributed by atoms with Crippen LogP contribution >= 0.6 is 15.9 Å². The number of H-pyrrole nitrogens is 1. The molecular formula is C20H25BrN4O3. The molecule has 1 aliphatic carbocycles. The molecular weight excluding hydrogens is 424 g/mol. The molecule has 2 atom stereocenters. The molecule has 0 aliphatic heterocycles. The van der Waals surface area contributed by atoms with Crippen LogP contribution in [0.5, 0.6) is 0 Å². The number of hydrogen-bond donors (Lipinski definition) is 2. The summed E-state index contributed by atoms with van der Waals surface area (Å²) in [4.78, 5) is 33.8. The summed E-state index contributed by atoms with van der Waals surface area (Å²) < 4.78 is 6.48. The molecule has 1 heterocycles. The molecule has 0 bridgehead atoms. The van der Waals surface area contributed by atoms with E-state index < -0.39 is 11.5 Å². The summed E-state index contributed by atoms with van der Waals surface area (Å²) in [5.41, 5.74) is 6.42. The Morgan fingerprint density at radius 3 is 2.43 bits per heavy atom. The number of rotatable bonds is 5. The summed E-state index contributed by atoms with van der Waals surface area (Å²) >= 11 is 3.39. The van der Waals surface area contributed by atoms with Gasteiger partial charge in [0.2, 0.25) is 0 Å². The third kappa shape index (κ3) is 4.73. The molecule has 2 aromatic rings. The lowest BCUT2D eigenvalue weighted by molar-refractivity contribution is 0.0203. The molecule has 3 N–H and O–H groups in total. The number of imidazole rings is 1. The lowest BCUT2D eigenvalue weighted by Gasteiger charge is -2.27. The van der Waals surface area contributed by atoms with Crippen LogP contribution in [0.4, 0.5) is 4.79 Å². The second-order valence-corrected chi connectivity index (χ2v) is 9.08. The summed E-state index contributed by atoms with van der Waals surface area (Å²) in [6, 6.07) is 7.55. The van der Waals surface area contributed by atoms with Crippen molar-refractivity contribution < 1.29 is 14.3 Å². The average Bonchev–Trinajstić information content (AvgIpc) is 3.14. The number of benzene rings is 1. The van der Waals surface area contributed by atoms with Gasteiger partial charge in [0.1, 0.15) is 22.8 Å². The van der Waals surface area contributed by atoms with Crippen molar-refractivity contribution in [3.63, 3.8) is 0 Å². The zero-order chi connectivity index (χ0) is 20.6. The molecule has 1 aliphatic rings. The van der Waals surface area contributed by atoms with Gasteiger partial charge in [-0.05, 0) is 45.2 Å². The Balaban J connectivity index is 1.89. The number of aromatic amines is 1. The maximum atomic E-state index is 12.7. The van der Waals surface area contributed by atoms with Gasteiger partial charge >= 0.3 is 6.09 Å². The van der Waals surface area contributed by atoms with E-state index in [9.17, 15) is 9.59 Å². The lowest BCUT2D eigenvalue weighted by atomic mass is 10.1. The van der Waals surface area contributed by atoms with Crippen molar-refractivity contribution >= 4 is 27.9 Å². The fraction of sp³-hybridized carbons (Fsp3) is 0.450. The standard InChI is InChI=1S/C20H25BrN4O3/c1-11-9-14(11)25(19(27)28-20(2,3)4)10-15-23-16(17(24-15)18(22)26)12-5-7-13(21)8-6-12/h5-8,11,14H,9-10H2,1-4H3,(H2,22,26)(H,23,24)/t11?,14-/m1/s1. The summed E-state index contributed by atoms with van der Waals surface area (Å²) in [5, 5.41) is 0. The van der Waals surface area contributed by atoms with Crippen LogP contribution in [0, 0.1) is 5.92 Å². The number of hydrogen-bond acceptors (Lipinski definition) is 4. The van der Waals surface area contributed by atoms with Crippen LogP contribution in [0.1, 0.15) is 50.4 Å². The lowest BCUT2D eigenvalue weighted by Crippen LogP contribution is -2.38. The highest BCUT2D eigenvalue weighted by atomic mass is 79.9. The molecule has 7 nitrogen and oxygen atoms in total. The fourth-order valence-electron chi connectivity index (χ4n) is 3.03. The Hall–Kier alpha value is -2.35. The van der Waals surface area contributed by atoms with E-state index in [1.165, 1.54) is 0 Å². The molecule has 3 rings (SSSR count). The van der Waals surface area contributed by atoms with Crippen LogP contribution < -0.4 is 5.73 Å². The molecule has 1 aromatic heterocycles. The van der Waals surface area contributed by atoms with Gasteiger partial charge in [-0.2, -0.15) is 0 Å². The number of ether oxygens (including phenoxy) is 1. The molecule has 1 aromatic carbocycles. The molecule has 0 saturated heterocycles. The molecule has 2 amide bonds. The van der Waals surface area contributed by atoms with Crippen molar-refractivity contribution in [3.05, 3.63) is 40.3 Å². The summed E-state index contributed by atoms with van der Waals surface area (Å²) in [5.74, 6) is 0.306. The number of aromatic nitrogens is 2. The second-order valence-electron chi connectivity index (χ2n) is 8.17. The Kier molecular flexibility index (Phi) is 5.52. The number of nitrogens with one attached hydrogen (secondary N) is 1. The maximum Gasteiger partial charge on any atom is 0.410 e. The highest BCUT2D eigenvalue weighted by Gasteiger charge is 2.42. The van der Waals surface area contributed by atoms with Gasteiger partial charge in [-0.3, -0.25) is 9.69 Å². The summed E-state index contributed by atoms with van der Waals surface area (Å²) in [6.07, 6.45) is 0.534. The first kappa shape index (κ1) is 20.4. The van der Waals surface area contributed by atoms with Crippen LogP contribution in [0.3, 0.4) is 0 Å². The third-order valence-electron chi connectivity index (χ3n) is 4.53. The van der Waals surface area contributed by atoms with Gasteiger partial charge in [-0.15, -0.1) is 0 Å². The smallest absolute Gasteiger partial charge is 0.410 e. The first-order valence-electron chi connectivity index (χ1n) is 9.19. The first-order valence-corrected chi connectivity index (χ1v) is 9.98. The van der Waals surface area contributed by atoms with E-state index in [2.05, 4.69) is 32.8 Å². The molecule has 0 radical (unpaired) electrons. The van der Waals surface area contributed by atoms with Gasteiger partial charge in [0.05, 0.1) is 6.54 Å². The molecule has 28 heavy (non-hydrogen) atoms. The zero-order valence-corrected chi connectivity index (χ0v) is 18.0. The van der Waals surface area contributed by atoms with E-state index in [4.69, 9.17) is 10.5 Å². The van der Waals surface area contributed by atoms with Crippen molar-refractivity contribution in [3.8, 4) is 11.3 Å². The molecule has 1 unspecified atom stereocenters. The van der Waals surface area contributed by atoms with Crippen LogP contribution in [0.2, 0.25) is 0 Å². The third-order valence-corrected chi connectivity index (χ3v) is 5.06. The number of primary amides is 1. The minimum atomic E-state index is -0.597. The van der Waals surface area contributed by atoms with Crippen molar-refractivity contribution in [1.82, 2.24) is 14.9 Å². The topological polar surface area (TPSA) is 101 Å². The van der Waals surface area contributed by atoms with Crippen LogP contribution in [0.15, 0.2) is 28.7 Å². The summed E-state index contributed by atoms with van der Waals surface area (Å²) in [7, 11) is 0. The van der Waals surface area contributed by atoms with Crippen LogP contribution in [-0.2, 0) is 11.3 Å². The van der Waals surface area contributed by atoms with Crippen LogP contribution in [0.25, 0.3) is 11.3 Å². The highest BCUT2D eigenvalue weighted by Crippen LogP contribution is 2.37. The zero-order valence-electron chi connectivity index (χ0n) is 16.5. The summed E-state index contributed by atoms with van der Waals surface area (Å²) in [6.45, 7) is 7.82. The maximum absolute atomic E-state index is 12.7. The first-order chi connectivity index (χ1) is 13.0. The molecule has 150 valence electrons. The highest BCUT2D eigenvalue weighted by molar-refractivity contribution is 9.10. The van der Waals surface area contributed by atoms with Crippen molar-refractivity contribution in [2.75, 3.05) is 0 Å². The van der Waals surface area contributed by atoms with Crippen molar-refractivity contribution in [2.45, 2.75) is 52.3 Å². The Morgan fingerprint density at radius 2 is 1.93 bits per heavy atom. The van der Waals surface area contributed by atoms with Gasteiger partial charge in [-0.1, -0.05) is 35.0 Å². The molecule has 1 saturated carbocycles. The van der Waals surface area contributed by atoms with Gasteiger partial charge in [-0.25, -0.2) is 9.78 Å². The van der Waals surface area contributed by atoms with E-state index in [1.54, 1.807) is 4.90 Å². The van der Waals surface area contributed by atoms with Gasteiger partial charge in [0, 0.05) is 16.1 Å². The van der Waals surface area contributed by atoms with Crippen molar-refractivity contribution in [2.24, 2.45) is 11.7 Å². The van der Waals surface area contributed by atoms with E-state index in [-0.39, 0.29) is 24.4 Å². The van der Waals surface area contributed by atoms with E-state index in [1.807, 2.05) is 45.0 Å². The van der Waals surface area contributed by atoms with E-state index in [0.29, 0.717) is 17.4 Å². The molecule has 0 spiro atoms. The second kappa shape index (κ2) is 7.58. The Labute approximate surface area is 172 Å². The van der Waals surface area contributed by atoms with Gasteiger partial charge in [0.25, 0.3) is 5.91 Å². The van der Waals surface area contributed by atoms with Crippen LogP contribution in [-0.4, -0.2) is 38.5 Å². The number of halogens is 1. The minimum Gasteiger partial charge on any atom is -0.444 e. The molecule has 8 heteroatoms. The number of nitrogens with zero attached hydrogens (tertiary/aromatic N) is 2. The minimum absolute atomic E-state index is 0.105. The van der Waals surface area contributed by atoms with E-state index >= 15 is 0 Å². The quantitative estimate of drug-likeness (QED) is 0.718. The average molecular weight is 449 g/mol. The predicted molar refractivity (Wildman–Crippen MR) is 110 cm³/mol. The Morgan fingerprint density at radius 1 is 1.32 bits per heavy atom. The number of nitrogens with two attached hydrogens (primary N) is 1. The fourth-order valence-corrected chi connectivity index (χ4v) is 3.29. The number of carbonyl (C=O) groups is 2. The Bertz CT molecular complexity index is 886. The van der Waals surface area contributed by atoms with Gasteiger partial charge in [0.15, 0.2) is 0 Å². The molecule has 1 fully saturated rings. The predicted octanol–water partition coefficient (Wildman–Crippen LogP) is 4.08. The van der Waals surface area contributed by atoms with Gasteiger partial charge < -0.3 is 15.5 Å². The van der Waals surface area contributed by atoms with E-state index in [0.717, 1.165) is 16.5 Å². The number of amides is 2. The monoisotopic (exact) mass is 448 g/mol. The largest absolute Gasteiger partial charge is 0.444 e. The normalized spacial score (nSPS) is 18.6. The SMILES string of the molecule is CC1C[C@H]1N(Cc1nc(-c2ccc(Br)cc2)c(C(N)=O)[nH]1)C(=O)OC(C)(C)C.